The van der Waals surface area contributed by atoms with Gasteiger partial charge in [0.1, 0.15) is 0 Å². The Labute approximate surface area is 76.9 Å². The van der Waals surface area contributed by atoms with E-state index in [9.17, 15) is 0 Å². The van der Waals surface area contributed by atoms with E-state index in [0.29, 0.717) is 10.8 Å². The third-order valence-electron chi connectivity index (χ3n) is 2.91. The maximum absolute atomic E-state index is 3.57. The van der Waals surface area contributed by atoms with Crippen LogP contribution in [0.1, 0.15) is 47.0 Å². The summed E-state index contributed by atoms with van der Waals surface area (Å²) in [6.07, 6.45) is 4.12. The van der Waals surface area contributed by atoms with E-state index in [1.165, 1.54) is 32.4 Å². The van der Waals surface area contributed by atoms with Crippen molar-refractivity contribution in [3.63, 3.8) is 0 Å². The summed E-state index contributed by atoms with van der Waals surface area (Å²) in [6, 6.07) is 0. The molecule has 0 aromatic carbocycles. The molecule has 0 radical (unpaired) electrons. The van der Waals surface area contributed by atoms with E-state index < -0.39 is 0 Å². The highest BCUT2D eigenvalue weighted by molar-refractivity contribution is 4.80. The second-order valence-electron chi connectivity index (χ2n) is 5.79. The summed E-state index contributed by atoms with van der Waals surface area (Å²) in [4.78, 5) is 0. The van der Waals surface area contributed by atoms with Crippen LogP contribution in [0.3, 0.4) is 0 Å². The van der Waals surface area contributed by atoms with Crippen LogP contribution < -0.4 is 5.32 Å². The first-order valence-electron chi connectivity index (χ1n) is 5.12. The van der Waals surface area contributed by atoms with Crippen molar-refractivity contribution < 1.29 is 0 Å². The summed E-state index contributed by atoms with van der Waals surface area (Å²) in [5.41, 5.74) is 1.02. The Bertz CT molecular complexity index is 117. The molecule has 1 heteroatoms. The molecule has 1 fully saturated rings. The van der Waals surface area contributed by atoms with Gasteiger partial charge in [0.05, 0.1) is 0 Å². The van der Waals surface area contributed by atoms with Crippen molar-refractivity contribution in [3.05, 3.63) is 0 Å². The highest BCUT2D eigenvalue weighted by Gasteiger charge is 2.25. The maximum Gasteiger partial charge on any atom is 0.000274 e. The minimum atomic E-state index is 0.510. The van der Waals surface area contributed by atoms with Gasteiger partial charge in [0, 0.05) is 13.1 Å². The Morgan fingerprint density at radius 1 is 0.833 bits per heavy atom. The van der Waals surface area contributed by atoms with Gasteiger partial charge < -0.3 is 5.32 Å². The van der Waals surface area contributed by atoms with Gasteiger partial charge in [0.25, 0.3) is 0 Å². The molecule has 1 nitrogen and oxygen atoms in total. The van der Waals surface area contributed by atoms with E-state index in [1.807, 2.05) is 0 Å². The highest BCUT2D eigenvalue weighted by atomic mass is 14.9. The zero-order chi connectivity index (χ0) is 9.24. The zero-order valence-electron chi connectivity index (χ0n) is 9.04. The molecule has 72 valence electrons. The molecule has 0 aromatic rings. The summed E-state index contributed by atoms with van der Waals surface area (Å²) >= 11 is 0. The summed E-state index contributed by atoms with van der Waals surface area (Å²) in [6.45, 7) is 11.8. The quantitative estimate of drug-likeness (QED) is 0.588. The molecule has 0 aliphatic carbocycles. The largest absolute Gasteiger partial charge is 0.316 e. The molecule has 12 heavy (non-hydrogen) atoms. The van der Waals surface area contributed by atoms with Crippen molar-refractivity contribution in [2.45, 2.75) is 47.0 Å². The van der Waals surface area contributed by atoms with Gasteiger partial charge in [-0.1, -0.05) is 34.1 Å². The fourth-order valence-electron chi connectivity index (χ4n) is 1.96. The molecular formula is C11H23N. The van der Waals surface area contributed by atoms with Crippen molar-refractivity contribution in [2.24, 2.45) is 10.8 Å². The molecule has 1 heterocycles. The van der Waals surface area contributed by atoms with Crippen molar-refractivity contribution in [3.8, 4) is 0 Å². The molecule has 0 bridgehead atoms. The molecule has 1 rings (SSSR count). The minimum absolute atomic E-state index is 0.510. The van der Waals surface area contributed by atoms with Gasteiger partial charge in [-0.15, -0.1) is 0 Å². The monoisotopic (exact) mass is 169 g/mol. The highest BCUT2D eigenvalue weighted by Crippen LogP contribution is 2.30. The topological polar surface area (TPSA) is 12.0 Å². The predicted molar refractivity (Wildman–Crippen MR) is 54.3 cm³/mol. The Hall–Kier alpha value is -0.0400. The standard InChI is InChI=1S/C11H23N/c1-10(2)6-5-7-11(3,4)9-12-8-10/h12H,5-9H2,1-4H3. The van der Waals surface area contributed by atoms with Gasteiger partial charge in [-0.2, -0.15) is 0 Å². The van der Waals surface area contributed by atoms with Crippen LogP contribution in [-0.2, 0) is 0 Å². The smallest absolute Gasteiger partial charge is 0.000274 e. The lowest BCUT2D eigenvalue weighted by atomic mass is 9.79. The van der Waals surface area contributed by atoms with Crippen LogP contribution in [-0.4, -0.2) is 13.1 Å². The first-order valence-corrected chi connectivity index (χ1v) is 5.12. The molecule has 0 unspecified atom stereocenters. The lowest BCUT2D eigenvalue weighted by Crippen LogP contribution is -2.38. The molecule has 0 saturated carbocycles. The third-order valence-corrected chi connectivity index (χ3v) is 2.91. The number of hydrogen-bond donors (Lipinski definition) is 1. The Balaban J connectivity index is 2.45. The SMILES string of the molecule is CC1(C)CCCC(C)(C)CNC1. The van der Waals surface area contributed by atoms with E-state index in [2.05, 4.69) is 33.0 Å². The average Bonchev–Trinajstić information content (AvgIpc) is 1.82. The van der Waals surface area contributed by atoms with Crippen LogP contribution in [0.4, 0.5) is 0 Å². The van der Waals surface area contributed by atoms with E-state index in [-0.39, 0.29) is 0 Å². The molecule has 1 saturated heterocycles. The van der Waals surface area contributed by atoms with Crippen LogP contribution >= 0.6 is 0 Å². The predicted octanol–water partition coefficient (Wildman–Crippen LogP) is 2.81. The van der Waals surface area contributed by atoms with E-state index in [0.717, 1.165) is 0 Å². The van der Waals surface area contributed by atoms with Crippen molar-refractivity contribution in [2.75, 3.05) is 13.1 Å². The Kier molecular flexibility index (Phi) is 2.82. The summed E-state index contributed by atoms with van der Waals surface area (Å²) in [7, 11) is 0. The third kappa shape index (κ3) is 3.14. The molecule has 0 spiro atoms. The minimum Gasteiger partial charge on any atom is -0.316 e. The number of hydrogen-bond acceptors (Lipinski definition) is 1. The van der Waals surface area contributed by atoms with Crippen LogP contribution in [0.2, 0.25) is 0 Å². The van der Waals surface area contributed by atoms with Crippen molar-refractivity contribution >= 4 is 0 Å². The normalized spacial score (nSPS) is 29.0. The van der Waals surface area contributed by atoms with Crippen LogP contribution in [0, 0.1) is 10.8 Å². The lowest BCUT2D eigenvalue weighted by molar-refractivity contribution is 0.208. The van der Waals surface area contributed by atoms with Gasteiger partial charge >= 0.3 is 0 Å². The molecule has 1 aliphatic heterocycles. The molecule has 0 amide bonds. The molecule has 0 aromatic heterocycles. The number of rotatable bonds is 0. The van der Waals surface area contributed by atoms with Gasteiger partial charge in [0.15, 0.2) is 0 Å². The Morgan fingerprint density at radius 2 is 1.25 bits per heavy atom. The fraction of sp³-hybridized carbons (Fsp3) is 1.00. The van der Waals surface area contributed by atoms with Crippen molar-refractivity contribution in [1.29, 1.82) is 0 Å². The van der Waals surface area contributed by atoms with E-state index in [4.69, 9.17) is 0 Å². The van der Waals surface area contributed by atoms with Gasteiger partial charge in [-0.05, 0) is 23.7 Å². The van der Waals surface area contributed by atoms with Gasteiger partial charge in [-0.3, -0.25) is 0 Å². The van der Waals surface area contributed by atoms with Gasteiger partial charge in [0.2, 0.25) is 0 Å². The van der Waals surface area contributed by atoms with Crippen LogP contribution in [0.15, 0.2) is 0 Å². The van der Waals surface area contributed by atoms with Crippen LogP contribution in [0.5, 0.6) is 0 Å². The summed E-state index contributed by atoms with van der Waals surface area (Å²) < 4.78 is 0. The fourth-order valence-corrected chi connectivity index (χ4v) is 1.96. The first-order chi connectivity index (χ1) is 5.41. The molecule has 1 aliphatic rings. The first kappa shape index (κ1) is 10.0. The summed E-state index contributed by atoms with van der Waals surface area (Å²) in [5.74, 6) is 0. The second kappa shape index (κ2) is 3.37. The maximum atomic E-state index is 3.57. The van der Waals surface area contributed by atoms with Gasteiger partial charge in [-0.25, -0.2) is 0 Å². The second-order valence-corrected chi connectivity index (χ2v) is 5.79. The van der Waals surface area contributed by atoms with E-state index in [1.54, 1.807) is 0 Å². The number of nitrogens with one attached hydrogen (secondary N) is 1. The summed E-state index contributed by atoms with van der Waals surface area (Å²) in [5, 5.41) is 3.57. The molecule has 1 N–H and O–H groups in total. The Morgan fingerprint density at radius 3 is 1.67 bits per heavy atom. The average molecular weight is 169 g/mol. The van der Waals surface area contributed by atoms with Crippen molar-refractivity contribution in [1.82, 2.24) is 5.32 Å². The zero-order valence-corrected chi connectivity index (χ0v) is 9.04. The lowest BCUT2D eigenvalue weighted by Gasteiger charge is -2.34. The molecular weight excluding hydrogens is 146 g/mol. The molecule has 0 atom stereocenters. The van der Waals surface area contributed by atoms with Crippen LogP contribution in [0.25, 0.3) is 0 Å². The van der Waals surface area contributed by atoms with E-state index >= 15 is 0 Å².